The van der Waals surface area contributed by atoms with Gasteiger partial charge in [-0.1, -0.05) is 11.6 Å². The molecular weight excluding hydrogens is 410 g/mol. The Morgan fingerprint density at radius 1 is 1.22 bits per heavy atom. The zero-order valence-corrected chi connectivity index (χ0v) is 15.8. The van der Waals surface area contributed by atoms with E-state index in [1.165, 1.54) is 12.7 Å². The number of benzene rings is 2. The van der Waals surface area contributed by atoms with E-state index in [4.69, 9.17) is 20.9 Å². The van der Waals surface area contributed by atoms with Gasteiger partial charge in [-0.15, -0.1) is 0 Å². The number of hydrogen-bond acceptors (Lipinski definition) is 5. The van der Waals surface area contributed by atoms with E-state index in [1.807, 2.05) is 0 Å². The molecule has 0 saturated carbocycles. The van der Waals surface area contributed by atoms with Gasteiger partial charge in [0.15, 0.2) is 0 Å². The lowest BCUT2D eigenvalue weighted by Gasteiger charge is -2.15. The molecule has 0 N–H and O–H groups in total. The fourth-order valence-corrected chi connectivity index (χ4v) is 4.03. The van der Waals surface area contributed by atoms with Crippen molar-refractivity contribution in [1.82, 2.24) is 0 Å². The van der Waals surface area contributed by atoms with Gasteiger partial charge in [0.1, 0.15) is 16.8 Å². The molecule has 2 aromatic carbocycles. The molecule has 0 radical (unpaired) electrons. The van der Waals surface area contributed by atoms with Crippen LogP contribution in [0.15, 0.2) is 36.4 Å². The zero-order chi connectivity index (χ0) is 20.4. The van der Waals surface area contributed by atoms with Crippen LogP contribution in [0.25, 0.3) is 0 Å². The molecule has 11 heteroatoms. The molecule has 146 valence electrons. The van der Waals surface area contributed by atoms with Gasteiger partial charge in [0.25, 0.3) is 5.69 Å². The maximum absolute atomic E-state index is 12.7. The van der Waals surface area contributed by atoms with Crippen LogP contribution in [0.3, 0.4) is 0 Å². The van der Waals surface area contributed by atoms with Crippen LogP contribution in [0.1, 0.15) is 12.5 Å². The van der Waals surface area contributed by atoms with Crippen molar-refractivity contribution in [3.63, 3.8) is 0 Å². The number of halogens is 4. The van der Waals surface area contributed by atoms with Crippen molar-refractivity contribution in [3.05, 3.63) is 57.1 Å². The first kappa shape index (κ1) is 21.2. The summed E-state index contributed by atoms with van der Waals surface area (Å²) in [4.78, 5) is 10.5. The molecule has 0 aromatic heterocycles. The Morgan fingerprint density at radius 2 is 1.89 bits per heavy atom. The van der Waals surface area contributed by atoms with E-state index in [0.717, 1.165) is 24.3 Å². The van der Waals surface area contributed by atoms with Crippen LogP contribution < -0.4 is 10.0 Å². The Kier molecular flexibility index (Phi) is 6.19. The third-order valence-electron chi connectivity index (χ3n) is 3.44. The normalized spacial score (nSPS) is 13.9. The summed E-state index contributed by atoms with van der Waals surface area (Å²) in [7, 11) is -3.51. The highest BCUT2D eigenvalue weighted by Gasteiger charge is 2.32. The Bertz CT molecular complexity index is 919. The standard InChI is InChI=1S/C16H14ClF3NO5P/c1-3-25-27(2,24)15-9-11(5-6-13(15)21(22)23)26-14-7-4-10(8-12(14)17)16(18,19)20/h4-9H,3H2,1-2H3. The van der Waals surface area contributed by atoms with E-state index < -0.39 is 29.7 Å². The molecule has 2 aromatic rings. The second kappa shape index (κ2) is 7.88. The van der Waals surface area contributed by atoms with Gasteiger partial charge < -0.3 is 9.26 Å². The van der Waals surface area contributed by atoms with Crippen molar-refractivity contribution in [3.8, 4) is 11.5 Å². The third-order valence-corrected chi connectivity index (χ3v) is 5.72. The topological polar surface area (TPSA) is 78.7 Å². The third kappa shape index (κ3) is 5.00. The smallest absolute Gasteiger partial charge is 0.416 e. The van der Waals surface area contributed by atoms with Gasteiger partial charge in [0.05, 0.1) is 22.1 Å². The molecule has 0 aliphatic heterocycles. The Balaban J connectivity index is 2.43. The molecule has 1 unspecified atom stereocenters. The van der Waals surface area contributed by atoms with Crippen LogP contribution in [0.4, 0.5) is 18.9 Å². The number of nitro groups is 1. The van der Waals surface area contributed by atoms with Crippen LogP contribution in [0, 0.1) is 10.1 Å². The largest absolute Gasteiger partial charge is 0.456 e. The number of nitrogens with zero attached hydrogens (tertiary/aromatic N) is 1. The van der Waals surface area contributed by atoms with Gasteiger partial charge in [-0.05, 0) is 31.2 Å². The summed E-state index contributed by atoms with van der Waals surface area (Å²) >= 11 is 5.83. The molecule has 0 saturated heterocycles. The van der Waals surface area contributed by atoms with Gasteiger partial charge in [0.2, 0.25) is 7.37 Å². The molecule has 1 atom stereocenters. The summed E-state index contributed by atoms with van der Waals surface area (Å²) in [6.45, 7) is 2.89. The van der Waals surface area contributed by atoms with Gasteiger partial charge in [-0.25, -0.2) is 0 Å². The van der Waals surface area contributed by atoms with Crippen LogP contribution in [0.2, 0.25) is 5.02 Å². The van der Waals surface area contributed by atoms with Crippen LogP contribution in [-0.4, -0.2) is 18.2 Å². The van der Waals surface area contributed by atoms with Gasteiger partial charge >= 0.3 is 6.18 Å². The lowest BCUT2D eigenvalue weighted by Crippen LogP contribution is -2.12. The fourth-order valence-electron chi connectivity index (χ4n) is 2.25. The number of ether oxygens (including phenoxy) is 1. The van der Waals surface area contributed by atoms with E-state index in [0.29, 0.717) is 6.07 Å². The highest BCUT2D eigenvalue weighted by atomic mass is 35.5. The summed E-state index contributed by atoms with van der Waals surface area (Å²) in [6, 6.07) is 5.98. The second-order valence-electron chi connectivity index (χ2n) is 5.42. The fraction of sp³-hybridized carbons (Fsp3) is 0.250. The molecule has 0 bridgehead atoms. The highest BCUT2D eigenvalue weighted by molar-refractivity contribution is 7.66. The molecule has 0 aliphatic carbocycles. The SMILES string of the molecule is CCOP(C)(=O)c1cc(Oc2ccc(C(F)(F)F)cc2Cl)ccc1[N+](=O)[O-]. The van der Waals surface area contributed by atoms with E-state index in [1.54, 1.807) is 6.92 Å². The number of nitro benzene ring substituents is 1. The van der Waals surface area contributed by atoms with Gasteiger partial charge in [-0.3, -0.25) is 14.7 Å². The van der Waals surface area contributed by atoms with E-state index in [2.05, 4.69) is 0 Å². The molecule has 0 heterocycles. The van der Waals surface area contributed by atoms with Gasteiger partial charge in [0, 0.05) is 18.8 Å². The molecule has 0 amide bonds. The van der Waals surface area contributed by atoms with Crippen molar-refractivity contribution < 1.29 is 31.9 Å². The number of alkyl halides is 3. The van der Waals surface area contributed by atoms with Gasteiger partial charge in [-0.2, -0.15) is 13.2 Å². The van der Waals surface area contributed by atoms with Crippen molar-refractivity contribution in [2.45, 2.75) is 13.1 Å². The molecular formula is C16H14ClF3NO5P. The van der Waals surface area contributed by atoms with E-state index in [9.17, 15) is 27.9 Å². The molecule has 2 rings (SSSR count). The van der Waals surface area contributed by atoms with Crippen molar-refractivity contribution >= 4 is 30.0 Å². The maximum atomic E-state index is 12.7. The van der Waals surface area contributed by atoms with Crippen molar-refractivity contribution in [2.75, 3.05) is 13.3 Å². The minimum absolute atomic E-state index is 0.0130. The molecule has 0 spiro atoms. The summed E-state index contributed by atoms with van der Waals surface area (Å²) in [5.41, 5.74) is -1.36. The molecule has 6 nitrogen and oxygen atoms in total. The maximum Gasteiger partial charge on any atom is 0.416 e. The van der Waals surface area contributed by atoms with Crippen LogP contribution in [0.5, 0.6) is 11.5 Å². The predicted octanol–water partition coefficient (Wildman–Crippen LogP) is 5.63. The average Bonchev–Trinajstić information content (AvgIpc) is 2.55. The predicted molar refractivity (Wildman–Crippen MR) is 94.4 cm³/mol. The quantitative estimate of drug-likeness (QED) is 0.342. The second-order valence-corrected chi connectivity index (χ2v) is 8.26. The Labute approximate surface area is 157 Å². The van der Waals surface area contributed by atoms with Crippen LogP contribution >= 0.6 is 19.0 Å². The molecule has 27 heavy (non-hydrogen) atoms. The molecule has 0 fully saturated rings. The summed E-state index contributed by atoms with van der Waals surface area (Å²) in [6.07, 6.45) is -4.56. The lowest BCUT2D eigenvalue weighted by molar-refractivity contribution is -0.383. The number of rotatable bonds is 6. The summed E-state index contributed by atoms with van der Waals surface area (Å²) in [5, 5.41) is 10.7. The highest BCUT2D eigenvalue weighted by Crippen LogP contribution is 2.45. The first-order chi connectivity index (χ1) is 12.5. The monoisotopic (exact) mass is 423 g/mol. The summed E-state index contributed by atoms with van der Waals surface area (Å²) < 4.78 is 61.3. The molecule has 0 aliphatic rings. The van der Waals surface area contributed by atoms with Crippen molar-refractivity contribution in [2.24, 2.45) is 0 Å². The minimum Gasteiger partial charge on any atom is -0.456 e. The zero-order valence-electron chi connectivity index (χ0n) is 14.1. The first-order valence-corrected chi connectivity index (χ1v) is 9.96. The van der Waals surface area contributed by atoms with E-state index >= 15 is 0 Å². The lowest BCUT2D eigenvalue weighted by atomic mass is 10.2. The summed E-state index contributed by atoms with van der Waals surface area (Å²) in [5.74, 6) is -0.0779. The average molecular weight is 424 g/mol. The van der Waals surface area contributed by atoms with Crippen molar-refractivity contribution in [1.29, 1.82) is 0 Å². The van der Waals surface area contributed by atoms with Crippen LogP contribution in [-0.2, 0) is 15.3 Å². The minimum atomic E-state index is -4.56. The number of hydrogen-bond donors (Lipinski definition) is 0. The Morgan fingerprint density at radius 3 is 2.41 bits per heavy atom. The van der Waals surface area contributed by atoms with E-state index in [-0.39, 0.29) is 28.4 Å². The first-order valence-electron chi connectivity index (χ1n) is 7.51. The Hall–Kier alpha value is -2.09.